The molecule has 1 amide bonds. The molecule has 2 aromatic rings. The Morgan fingerprint density at radius 2 is 1.84 bits per heavy atom. The Kier molecular flexibility index (Phi) is 9.25. The van der Waals surface area contributed by atoms with Crippen molar-refractivity contribution < 1.29 is 13.9 Å². The lowest BCUT2D eigenvalue weighted by Gasteiger charge is -2.35. The number of carbonyl (C=O) groups is 1. The molecule has 3 unspecified atom stereocenters. The average molecular weight is 578 g/mol. The van der Waals surface area contributed by atoms with E-state index in [4.69, 9.17) is 27.9 Å². The number of hydrogen-bond acceptors (Lipinski definition) is 4. The van der Waals surface area contributed by atoms with Gasteiger partial charge in [-0.3, -0.25) is 4.79 Å². The van der Waals surface area contributed by atoms with Gasteiger partial charge in [0.15, 0.2) is 0 Å². The van der Waals surface area contributed by atoms with Crippen molar-refractivity contribution in [1.82, 2.24) is 9.80 Å². The van der Waals surface area contributed by atoms with Crippen molar-refractivity contribution >= 4 is 40.9 Å². The number of piperidine rings is 1. The highest BCUT2D eigenvalue weighted by Crippen LogP contribution is 2.41. The molecule has 0 radical (unpaired) electrons. The summed E-state index contributed by atoms with van der Waals surface area (Å²) in [4.78, 5) is 18.0. The van der Waals surface area contributed by atoms with Crippen LogP contribution in [0.1, 0.15) is 36.5 Å². The van der Waals surface area contributed by atoms with Gasteiger partial charge in [0, 0.05) is 36.9 Å². The lowest BCUT2D eigenvalue weighted by atomic mass is 9.83. The first-order valence-electron chi connectivity index (χ1n) is 13.5. The number of carbonyl (C=O) groups excluding carboxylic acids is 1. The van der Waals surface area contributed by atoms with Crippen LogP contribution in [-0.2, 0) is 0 Å². The van der Waals surface area contributed by atoms with Crippen LogP contribution in [-0.4, -0.2) is 60.8 Å². The molecule has 0 aromatic heterocycles. The molecule has 0 spiro atoms. The van der Waals surface area contributed by atoms with Gasteiger partial charge in [-0.05, 0) is 98.0 Å². The summed E-state index contributed by atoms with van der Waals surface area (Å²) in [6, 6.07) is 11.4. The molecule has 0 saturated carbocycles. The summed E-state index contributed by atoms with van der Waals surface area (Å²) < 4.78 is 18.9. The lowest BCUT2D eigenvalue weighted by molar-refractivity contribution is 0.0779. The standard InChI is InChI=1S/C30H35Cl2FN2O2S/c1-20-18-38-19-27(20)26-17-35(30(36)22-2-7-28(31)29(32)14-22)16-23(26)15-34-11-8-21(9-12-34)10-13-37-25-5-3-24(33)4-6-25/h2-7,14,19-21,23,26H,8-13,15-18H2,1H3. The third kappa shape index (κ3) is 6.70. The third-order valence-corrected chi connectivity index (χ3v) is 10.1. The van der Waals surface area contributed by atoms with Crippen LogP contribution < -0.4 is 4.74 Å². The number of amides is 1. The SMILES string of the molecule is CC1CSC=C1C1CN(C(=O)c2ccc(Cl)c(Cl)c2)CC1CN1CCC(CCOc2ccc(F)cc2)CC1. The second-order valence-corrected chi connectivity index (χ2v) is 12.6. The monoisotopic (exact) mass is 576 g/mol. The van der Waals surface area contributed by atoms with E-state index in [9.17, 15) is 9.18 Å². The van der Waals surface area contributed by atoms with Crippen LogP contribution in [0.2, 0.25) is 10.0 Å². The van der Waals surface area contributed by atoms with Crippen LogP contribution in [0.3, 0.4) is 0 Å². The van der Waals surface area contributed by atoms with E-state index < -0.39 is 0 Å². The van der Waals surface area contributed by atoms with Gasteiger partial charge in [-0.15, -0.1) is 11.8 Å². The molecule has 8 heteroatoms. The molecule has 3 heterocycles. The first-order chi connectivity index (χ1) is 18.4. The zero-order chi connectivity index (χ0) is 26.6. The molecule has 2 aromatic carbocycles. The minimum atomic E-state index is -0.242. The minimum absolute atomic E-state index is 0.0369. The Balaban J connectivity index is 1.16. The number of likely N-dealkylation sites (tertiary alicyclic amines) is 2. The second-order valence-electron chi connectivity index (χ2n) is 10.9. The van der Waals surface area contributed by atoms with Gasteiger partial charge in [-0.2, -0.15) is 0 Å². The highest BCUT2D eigenvalue weighted by atomic mass is 35.5. The van der Waals surface area contributed by atoms with Crippen molar-refractivity contribution in [3.63, 3.8) is 0 Å². The Bertz CT molecular complexity index is 1150. The van der Waals surface area contributed by atoms with Crippen molar-refractivity contribution in [2.45, 2.75) is 26.2 Å². The highest BCUT2D eigenvalue weighted by molar-refractivity contribution is 8.02. The molecule has 0 bridgehead atoms. The van der Waals surface area contributed by atoms with E-state index >= 15 is 0 Å². The predicted octanol–water partition coefficient (Wildman–Crippen LogP) is 7.27. The third-order valence-electron chi connectivity index (χ3n) is 8.27. The van der Waals surface area contributed by atoms with Crippen LogP contribution in [0.15, 0.2) is 53.4 Å². The zero-order valence-electron chi connectivity index (χ0n) is 21.8. The van der Waals surface area contributed by atoms with E-state index in [1.54, 1.807) is 30.3 Å². The first-order valence-corrected chi connectivity index (χ1v) is 15.3. The molecule has 0 aliphatic carbocycles. The molecule has 3 aliphatic rings. The summed E-state index contributed by atoms with van der Waals surface area (Å²) in [5.41, 5.74) is 2.11. The minimum Gasteiger partial charge on any atom is -0.494 e. The number of nitrogens with zero attached hydrogens (tertiary/aromatic N) is 2. The first kappa shape index (κ1) is 27.8. The van der Waals surface area contributed by atoms with E-state index in [2.05, 4.69) is 17.2 Å². The van der Waals surface area contributed by atoms with Crippen LogP contribution in [0.5, 0.6) is 5.75 Å². The Hall–Kier alpha value is -1.73. The van der Waals surface area contributed by atoms with Gasteiger partial charge in [0.2, 0.25) is 0 Å². The maximum Gasteiger partial charge on any atom is 0.253 e. The number of ether oxygens (including phenoxy) is 1. The molecule has 204 valence electrons. The van der Waals surface area contributed by atoms with Crippen LogP contribution in [0, 0.1) is 29.5 Å². The largest absolute Gasteiger partial charge is 0.494 e. The fraction of sp³-hybridized carbons (Fsp3) is 0.500. The van der Waals surface area contributed by atoms with Gasteiger partial charge < -0.3 is 14.5 Å². The fourth-order valence-electron chi connectivity index (χ4n) is 6.03. The number of benzene rings is 2. The number of thioether (sulfide) groups is 1. The highest BCUT2D eigenvalue weighted by Gasteiger charge is 2.40. The number of halogens is 3. The summed E-state index contributed by atoms with van der Waals surface area (Å²) >= 11 is 14.2. The molecule has 2 fully saturated rings. The van der Waals surface area contributed by atoms with Gasteiger partial charge in [-0.1, -0.05) is 35.7 Å². The maximum absolute atomic E-state index is 13.4. The van der Waals surface area contributed by atoms with Crippen LogP contribution >= 0.6 is 35.0 Å². The Morgan fingerprint density at radius 1 is 1.08 bits per heavy atom. The van der Waals surface area contributed by atoms with Crippen LogP contribution in [0.4, 0.5) is 4.39 Å². The summed E-state index contributed by atoms with van der Waals surface area (Å²) in [5.74, 6) is 3.67. The molecule has 3 aliphatic heterocycles. The normalized spacial score (nSPS) is 24.6. The maximum atomic E-state index is 13.4. The Morgan fingerprint density at radius 3 is 2.53 bits per heavy atom. The predicted molar refractivity (Wildman–Crippen MR) is 155 cm³/mol. The van der Waals surface area contributed by atoms with Gasteiger partial charge in [0.05, 0.1) is 16.7 Å². The van der Waals surface area contributed by atoms with Crippen molar-refractivity contribution in [3.8, 4) is 5.75 Å². The molecule has 2 saturated heterocycles. The molecule has 3 atom stereocenters. The van der Waals surface area contributed by atoms with E-state index in [0.29, 0.717) is 45.9 Å². The van der Waals surface area contributed by atoms with Crippen molar-refractivity contribution in [2.24, 2.45) is 23.7 Å². The molecular weight excluding hydrogens is 542 g/mol. The topological polar surface area (TPSA) is 32.8 Å². The smallest absolute Gasteiger partial charge is 0.253 e. The van der Waals surface area contributed by atoms with Crippen molar-refractivity contribution in [3.05, 3.63) is 74.9 Å². The molecular formula is C30H35Cl2FN2O2S. The summed E-state index contributed by atoms with van der Waals surface area (Å²) in [5, 5.41) is 3.23. The lowest BCUT2D eigenvalue weighted by Crippen LogP contribution is -2.39. The van der Waals surface area contributed by atoms with Crippen molar-refractivity contribution in [1.29, 1.82) is 0 Å². The van der Waals surface area contributed by atoms with E-state index in [-0.39, 0.29) is 11.7 Å². The van der Waals surface area contributed by atoms with Gasteiger partial charge in [0.1, 0.15) is 11.6 Å². The molecule has 4 nitrogen and oxygen atoms in total. The van der Waals surface area contributed by atoms with Gasteiger partial charge in [-0.25, -0.2) is 4.39 Å². The number of rotatable bonds is 8. The molecule has 5 rings (SSSR count). The van der Waals surface area contributed by atoms with Gasteiger partial charge >= 0.3 is 0 Å². The van der Waals surface area contributed by atoms with E-state index in [1.165, 1.54) is 17.7 Å². The zero-order valence-corrected chi connectivity index (χ0v) is 24.1. The molecule has 38 heavy (non-hydrogen) atoms. The average Bonchev–Trinajstić information content (AvgIpc) is 3.53. The van der Waals surface area contributed by atoms with Crippen LogP contribution in [0.25, 0.3) is 0 Å². The summed E-state index contributed by atoms with van der Waals surface area (Å²) in [6.45, 7) is 7.68. The Labute approximate surface area is 239 Å². The summed E-state index contributed by atoms with van der Waals surface area (Å²) in [6.07, 6.45) is 3.33. The fourth-order valence-corrected chi connectivity index (χ4v) is 7.50. The second kappa shape index (κ2) is 12.6. The van der Waals surface area contributed by atoms with Gasteiger partial charge in [0.25, 0.3) is 5.91 Å². The quantitative estimate of drug-likeness (QED) is 0.331. The number of hydrogen-bond donors (Lipinski definition) is 0. The summed E-state index contributed by atoms with van der Waals surface area (Å²) in [7, 11) is 0. The van der Waals surface area contributed by atoms with E-state index in [1.807, 2.05) is 16.7 Å². The van der Waals surface area contributed by atoms with E-state index in [0.717, 1.165) is 63.5 Å². The van der Waals surface area contributed by atoms with Crippen molar-refractivity contribution in [2.75, 3.05) is 45.1 Å². The molecule has 0 N–H and O–H groups in total.